The predicted octanol–water partition coefficient (Wildman–Crippen LogP) is 4.61. The molecule has 0 aromatic heterocycles. The number of aliphatic carboxylic acids is 2. The topological polar surface area (TPSA) is 129 Å². The van der Waals surface area contributed by atoms with E-state index in [1.165, 1.54) is 6.92 Å². The molecule has 0 aromatic carbocycles. The van der Waals surface area contributed by atoms with Gasteiger partial charge in [0, 0.05) is 5.41 Å². The Morgan fingerprint density at radius 3 is 1.64 bits per heavy atom. The van der Waals surface area contributed by atoms with E-state index in [1.54, 1.807) is 20.8 Å². The number of unbranched alkanes of at least 4 members (excludes halogenated alkanes) is 2. The summed E-state index contributed by atoms with van der Waals surface area (Å²) in [5.41, 5.74) is -2.56. The minimum absolute atomic E-state index is 0.108. The standard InChI is InChI=1S/C20H38O7S/c1-7-11-13-18(5,9-3)15(16(21)22)20(17(23)24,28(25,26)27)19(6,10-4)14-12-8-2/h15H,7-14H2,1-6H3,(H,21,22)(H,23,24)(H,25,26,27). The van der Waals surface area contributed by atoms with Crippen molar-refractivity contribution in [1.29, 1.82) is 0 Å². The molecule has 0 aromatic rings. The Labute approximate surface area is 169 Å². The van der Waals surface area contributed by atoms with Crippen molar-refractivity contribution >= 4 is 22.1 Å². The zero-order chi connectivity index (χ0) is 22.4. The van der Waals surface area contributed by atoms with Gasteiger partial charge in [-0.1, -0.05) is 67.2 Å². The summed E-state index contributed by atoms with van der Waals surface area (Å²) in [4.78, 5) is 25.1. The van der Waals surface area contributed by atoms with Crippen molar-refractivity contribution in [3.8, 4) is 0 Å². The Balaban J connectivity index is 7.22. The quantitative estimate of drug-likeness (QED) is 0.348. The second-order valence-electron chi connectivity index (χ2n) is 8.42. The molecule has 8 heteroatoms. The molecular formula is C20H38O7S. The van der Waals surface area contributed by atoms with Crippen LogP contribution in [0.4, 0.5) is 0 Å². The molecule has 0 rings (SSSR count). The molecule has 3 N–H and O–H groups in total. The van der Waals surface area contributed by atoms with E-state index in [0.717, 1.165) is 6.42 Å². The molecule has 0 aliphatic carbocycles. The highest BCUT2D eigenvalue weighted by atomic mass is 32.2. The van der Waals surface area contributed by atoms with Crippen molar-refractivity contribution in [1.82, 2.24) is 0 Å². The highest BCUT2D eigenvalue weighted by molar-refractivity contribution is 7.88. The van der Waals surface area contributed by atoms with Crippen LogP contribution in [0.3, 0.4) is 0 Å². The zero-order valence-corrected chi connectivity index (χ0v) is 18.9. The molecule has 28 heavy (non-hydrogen) atoms. The summed E-state index contributed by atoms with van der Waals surface area (Å²) in [6.45, 7) is 10.3. The summed E-state index contributed by atoms with van der Waals surface area (Å²) in [6, 6.07) is 0. The lowest BCUT2D eigenvalue weighted by Crippen LogP contribution is -2.67. The van der Waals surface area contributed by atoms with Crippen molar-refractivity contribution in [2.24, 2.45) is 16.7 Å². The first-order valence-corrected chi connectivity index (χ1v) is 11.6. The summed E-state index contributed by atoms with van der Waals surface area (Å²) in [5.74, 6) is -5.08. The van der Waals surface area contributed by atoms with Gasteiger partial charge in [0.05, 0.1) is 5.92 Å². The van der Waals surface area contributed by atoms with E-state index in [9.17, 15) is 32.8 Å². The molecule has 0 spiro atoms. The van der Waals surface area contributed by atoms with Crippen molar-refractivity contribution in [2.75, 3.05) is 0 Å². The van der Waals surface area contributed by atoms with Crippen LogP contribution in [-0.2, 0) is 19.7 Å². The SMILES string of the molecule is CCCCC(C)(CC)C(C(=O)O)C(C(=O)O)(C(C)(CC)CCCC)S(=O)(=O)O. The molecule has 4 atom stereocenters. The maximum absolute atomic E-state index is 12.8. The lowest BCUT2D eigenvalue weighted by Gasteiger charge is -2.51. The molecule has 0 heterocycles. The van der Waals surface area contributed by atoms with E-state index in [2.05, 4.69) is 0 Å². The molecule has 0 aliphatic heterocycles. The van der Waals surface area contributed by atoms with Gasteiger partial charge >= 0.3 is 11.9 Å². The van der Waals surface area contributed by atoms with Crippen LogP contribution < -0.4 is 0 Å². The summed E-state index contributed by atoms with van der Waals surface area (Å²) in [7, 11) is -5.27. The number of hydrogen-bond acceptors (Lipinski definition) is 4. The second-order valence-corrected chi connectivity index (χ2v) is 10.0. The number of carboxylic acid groups (broad SMARTS) is 2. The van der Waals surface area contributed by atoms with Crippen molar-refractivity contribution < 1.29 is 32.8 Å². The fourth-order valence-electron chi connectivity index (χ4n) is 4.56. The van der Waals surface area contributed by atoms with Crippen LogP contribution in [0.25, 0.3) is 0 Å². The normalized spacial score (nSPS) is 19.8. The fourth-order valence-corrected chi connectivity index (χ4v) is 6.33. The van der Waals surface area contributed by atoms with Crippen LogP contribution >= 0.6 is 0 Å². The maximum Gasteiger partial charge on any atom is 0.329 e. The third-order valence-electron chi connectivity index (χ3n) is 6.74. The van der Waals surface area contributed by atoms with E-state index in [4.69, 9.17) is 0 Å². The summed E-state index contributed by atoms with van der Waals surface area (Å²) in [5, 5.41) is 20.4. The van der Waals surface area contributed by atoms with Gasteiger partial charge in [-0.3, -0.25) is 14.1 Å². The average molecular weight is 423 g/mol. The number of carbonyl (C=O) groups is 2. The van der Waals surface area contributed by atoms with Gasteiger partial charge in [0.1, 0.15) is 0 Å². The minimum atomic E-state index is -5.27. The van der Waals surface area contributed by atoms with Gasteiger partial charge in [-0.15, -0.1) is 0 Å². The Morgan fingerprint density at radius 1 is 0.893 bits per heavy atom. The molecule has 4 unspecified atom stereocenters. The van der Waals surface area contributed by atoms with Crippen LogP contribution in [0.5, 0.6) is 0 Å². The number of carboxylic acids is 2. The van der Waals surface area contributed by atoms with Gasteiger partial charge in [0.15, 0.2) is 0 Å². The highest BCUT2D eigenvalue weighted by Crippen LogP contribution is 2.56. The lowest BCUT2D eigenvalue weighted by molar-refractivity contribution is -0.164. The van der Waals surface area contributed by atoms with Gasteiger partial charge < -0.3 is 10.2 Å². The Kier molecular flexibility index (Phi) is 9.64. The Bertz CT molecular complexity index is 645. The van der Waals surface area contributed by atoms with E-state index in [0.29, 0.717) is 25.7 Å². The molecule has 0 amide bonds. The van der Waals surface area contributed by atoms with E-state index >= 15 is 0 Å². The molecule has 0 bridgehead atoms. The smallest absolute Gasteiger partial charge is 0.329 e. The fraction of sp³-hybridized carbons (Fsp3) is 0.900. The largest absolute Gasteiger partial charge is 0.481 e. The van der Waals surface area contributed by atoms with Crippen molar-refractivity contribution in [2.45, 2.75) is 97.7 Å². The second kappa shape index (κ2) is 10.1. The number of rotatable bonds is 14. The highest BCUT2D eigenvalue weighted by Gasteiger charge is 2.71. The van der Waals surface area contributed by atoms with Gasteiger partial charge in [-0.2, -0.15) is 8.42 Å². The van der Waals surface area contributed by atoms with Crippen LogP contribution in [0.1, 0.15) is 92.9 Å². The maximum atomic E-state index is 12.8. The van der Waals surface area contributed by atoms with Crippen molar-refractivity contribution in [3.05, 3.63) is 0 Å². The molecule has 166 valence electrons. The summed E-state index contributed by atoms with van der Waals surface area (Å²) >= 11 is 0. The van der Waals surface area contributed by atoms with Gasteiger partial charge in [-0.25, -0.2) is 0 Å². The van der Waals surface area contributed by atoms with Gasteiger partial charge in [-0.05, 0) is 31.1 Å². The first-order chi connectivity index (χ1) is 12.8. The van der Waals surface area contributed by atoms with Crippen LogP contribution in [0.2, 0.25) is 0 Å². The van der Waals surface area contributed by atoms with Crippen LogP contribution in [0, 0.1) is 16.7 Å². The van der Waals surface area contributed by atoms with Crippen LogP contribution in [0.15, 0.2) is 0 Å². The minimum Gasteiger partial charge on any atom is -0.481 e. The first kappa shape index (κ1) is 26.9. The third-order valence-corrected chi connectivity index (χ3v) is 8.46. The molecule has 7 nitrogen and oxygen atoms in total. The molecule has 0 saturated heterocycles. The van der Waals surface area contributed by atoms with E-state index in [-0.39, 0.29) is 19.3 Å². The molecule has 0 radical (unpaired) electrons. The molecule has 0 aliphatic rings. The summed E-state index contributed by atoms with van der Waals surface area (Å²) in [6.07, 6.45) is 3.54. The van der Waals surface area contributed by atoms with E-state index in [1.807, 2.05) is 13.8 Å². The molecule has 0 saturated carbocycles. The molecule has 0 fully saturated rings. The average Bonchev–Trinajstić information content (AvgIpc) is 2.60. The third kappa shape index (κ3) is 4.70. The van der Waals surface area contributed by atoms with Gasteiger partial charge in [0.2, 0.25) is 4.75 Å². The summed E-state index contributed by atoms with van der Waals surface area (Å²) < 4.78 is 33.0. The van der Waals surface area contributed by atoms with Gasteiger partial charge in [0.25, 0.3) is 10.1 Å². The predicted molar refractivity (Wildman–Crippen MR) is 109 cm³/mol. The van der Waals surface area contributed by atoms with Crippen LogP contribution in [-0.4, -0.2) is 39.9 Å². The Morgan fingerprint density at radius 2 is 1.36 bits per heavy atom. The number of hydrogen-bond donors (Lipinski definition) is 3. The van der Waals surface area contributed by atoms with E-state index < -0.39 is 43.6 Å². The van der Waals surface area contributed by atoms with Crippen molar-refractivity contribution in [3.63, 3.8) is 0 Å². The monoisotopic (exact) mass is 422 g/mol. The zero-order valence-electron chi connectivity index (χ0n) is 18.1. The Hall–Kier alpha value is -1.15. The molecular weight excluding hydrogens is 384 g/mol. The lowest BCUT2D eigenvalue weighted by atomic mass is 9.57. The first-order valence-electron chi connectivity index (χ1n) is 10.2.